The van der Waals surface area contributed by atoms with Gasteiger partial charge in [-0.05, 0) is 137 Å². The molecule has 0 radical (unpaired) electrons. The van der Waals surface area contributed by atoms with E-state index < -0.39 is 0 Å². The largest absolute Gasteiger partial charge is 0.481 e. The Morgan fingerprint density at radius 1 is 0.437 bits per heavy atom. The summed E-state index contributed by atoms with van der Waals surface area (Å²) in [6.07, 6.45) is 10.5. The summed E-state index contributed by atoms with van der Waals surface area (Å²) in [5.41, 5.74) is 10.2. The Hall–Kier alpha value is -8.57. The van der Waals surface area contributed by atoms with Gasteiger partial charge in [0.25, 0.3) is 0 Å². The summed E-state index contributed by atoms with van der Waals surface area (Å²) >= 11 is 0. The molecule has 0 atom stereocenters. The first-order valence-corrected chi connectivity index (χ1v) is 22.8. The zero-order valence-corrected chi connectivity index (χ0v) is 39.5. The maximum atomic E-state index is 13.2. The number of methoxy groups -OCH3 is 1. The molecule has 0 aliphatic rings. The SMILES string of the molecule is CCc1cccc(-c2cccc(F)c2)n1.CCc1cccc(F)c1.COc1ccc(-c2cccc(F)c2)cn1.Fc1cccc(-c2ccncc2)c1.Fc1cccc(-c2cnn(Cc3ccccc3)c2)c1. The van der Waals surface area contributed by atoms with Crippen molar-refractivity contribution in [1.29, 1.82) is 0 Å². The number of pyridine rings is 3. The molecule has 0 saturated carbocycles. The molecule has 0 saturated heterocycles. The number of hydrogen-bond donors (Lipinski definition) is 0. The normalized spacial score (nSPS) is 10.1. The van der Waals surface area contributed by atoms with E-state index in [1.165, 1.54) is 60.2 Å². The first-order chi connectivity index (χ1) is 34.6. The van der Waals surface area contributed by atoms with E-state index in [1.54, 1.807) is 74.4 Å². The topological polar surface area (TPSA) is 65.7 Å². The van der Waals surface area contributed by atoms with Crippen molar-refractivity contribution in [2.24, 2.45) is 0 Å². The molecule has 0 N–H and O–H groups in total. The van der Waals surface area contributed by atoms with Crippen LogP contribution in [-0.4, -0.2) is 31.8 Å². The Balaban J connectivity index is 0.000000148. The number of hydrogen-bond acceptors (Lipinski definition) is 5. The maximum absolute atomic E-state index is 13.2. The number of aryl methyl sites for hydroxylation is 2. The quantitative estimate of drug-likeness (QED) is 0.135. The average molecular weight is 954 g/mol. The zero-order valence-electron chi connectivity index (χ0n) is 39.5. The van der Waals surface area contributed by atoms with Crippen molar-refractivity contribution < 1.29 is 26.7 Å². The number of halogens is 5. The van der Waals surface area contributed by atoms with E-state index >= 15 is 0 Å². The third-order valence-electron chi connectivity index (χ3n) is 10.5. The molecular weight excluding hydrogens is 902 g/mol. The van der Waals surface area contributed by atoms with Gasteiger partial charge < -0.3 is 4.74 Å². The summed E-state index contributed by atoms with van der Waals surface area (Å²) in [7, 11) is 1.56. The summed E-state index contributed by atoms with van der Waals surface area (Å²) < 4.78 is 71.1. The first kappa shape index (κ1) is 51.8. The van der Waals surface area contributed by atoms with Gasteiger partial charge >= 0.3 is 0 Å². The molecule has 10 rings (SSSR count). The molecule has 6 aromatic carbocycles. The van der Waals surface area contributed by atoms with Gasteiger partial charge in [0.1, 0.15) is 29.1 Å². The molecular formula is C60H52F5N5O. The van der Waals surface area contributed by atoms with E-state index in [-0.39, 0.29) is 29.1 Å². The highest BCUT2D eigenvalue weighted by Gasteiger charge is 2.05. The third kappa shape index (κ3) is 17.2. The minimum absolute atomic E-state index is 0.144. The molecule has 358 valence electrons. The second-order valence-corrected chi connectivity index (χ2v) is 15.6. The van der Waals surface area contributed by atoms with Crippen molar-refractivity contribution in [3.63, 3.8) is 0 Å². The molecule has 0 aliphatic carbocycles. The second kappa shape index (κ2) is 27.4. The van der Waals surface area contributed by atoms with Crippen molar-refractivity contribution in [3.05, 3.63) is 271 Å². The van der Waals surface area contributed by atoms with Crippen LogP contribution in [0, 0.1) is 29.1 Å². The Morgan fingerprint density at radius 3 is 1.48 bits per heavy atom. The van der Waals surface area contributed by atoms with Crippen LogP contribution in [0.25, 0.3) is 44.6 Å². The van der Waals surface area contributed by atoms with Crippen LogP contribution in [0.5, 0.6) is 5.88 Å². The van der Waals surface area contributed by atoms with Crippen molar-refractivity contribution in [2.75, 3.05) is 7.11 Å². The monoisotopic (exact) mass is 953 g/mol. The number of rotatable bonds is 9. The van der Waals surface area contributed by atoms with Crippen LogP contribution in [0.2, 0.25) is 0 Å². The Labute approximate surface area is 411 Å². The van der Waals surface area contributed by atoms with E-state index in [9.17, 15) is 22.0 Å². The zero-order chi connectivity index (χ0) is 50.2. The lowest BCUT2D eigenvalue weighted by atomic mass is 10.1. The van der Waals surface area contributed by atoms with Crippen molar-refractivity contribution in [2.45, 2.75) is 33.2 Å². The molecule has 0 spiro atoms. The fourth-order valence-electron chi connectivity index (χ4n) is 6.83. The van der Waals surface area contributed by atoms with Crippen LogP contribution >= 0.6 is 0 Å². The lowest BCUT2D eigenvalue weighted by molar-refractivity contribution is 0.398. The number of ether oxygens (including phenoxy) is 1. The number of aromatic nitrogens is 5. The van der Waals surface area contributed by atoms with Gasteiger partial charge in [0, 0.05) is 53.2 Å². The maximum Gasteiger partial charge on any atom is 0.212 e. The molecule has 71 heavy (non-hydrogen) atoms. The van der Waals surface area contributed by atoms with E-state index in [0.29, 0.717) is 5.88 Å². The molecule has 0 unspecified atom stereocenters. The molecule has 0 aliphatic heterocycles. The number of nitrogens with zero attached hydrogens (tertiary/aromatic N) is 5. The average Bonchev–Trinajstić information content (AvgIpc) is 3.88. The van der Waals surface area contributed by atoms with E-state index in [4.69, 9.17) is 4.74 Å². The summed E-state index contributed by atoms with van der Waals surface area (Å²) in [6.45, 7) is 4.78. The van der Waals surface area contributed by atoms with Crippen LogP contribution < -0.4 is 4.74 Å². The van der Waals surface area contributed by atoms with Gasteiger partial charge in [-0.2, -0.15) is 5.10 Å². The van der Waals surface area contributed by atoms with Gasteiger partial charge in [0.2, 0.25) is 5.88 Å². The van der Waals surface area contributed by atoms with E-state index in [0.717, 1.165) is 75.3 Å². The van der Waals surface area contributed by atoms with Gasteiger partial charge in [-0.3, -0.25) is 14.6 Å². The lowest BCUT2D eigenvalue weighted by Gasteiger charge is -2.02. The molecule has 0 fully saturated rings. The summed E-state index contributed by atoms with van der Waals surface area (Å²) in [4.78, 5) is 12.4. The summed E-state index contributed by atoms with van der Waals surface area (Å²) in [5, 5.41) is 4.31. The Bertz CT molecular complexity index is 3150. The summed E-state index contributed by atoms with van der Waals surface area (Å²) in [5.74, 6) is -0.508. The predicted octanol–water partition coefficient (Wildman–Crippen LogP) is 15.4. The lowest BCUT2D eigenvalue weighted by Crippen LogP contribution is -1.99. The smallest absolute Gasteiger partial charge is 0.212 e. The standard InChI is InChI=1S/C16H13FN2.C13H12FN.C12H10FNO.C11H8FN.C8H9F/c17-16-8-4-7-14(9-16)15-10-18-19(12-15)11-13-5-2-1-3-6-13;1-2-12-7-4-8-13(15-12)10-5-3-6-11(14)9-10;1-15-12-6-5-10(8-14-12)9-3-2-4-11(13)7-9;12-11-3-1-2-10(8-11)9-4-6-13-7-5-9;1-2-7-4-3-5-8(9)6-7/h1-10,12H,11H2;3-9H,2H2,1H3;2-8H,1H3;1-8H;3-6H,2H2,1H3. The minimum Gasteiger partial charge on any atom is -0.481 e. The van der Waals surface area contributed by atoms with Crippen LogP contribution in [0.3, 0.4) is 0 Å². The van der Waals surface area contributed by atoms with Crippen LogP contribution in [0.4, 0.5) is 22.0 Å². The van der Waals surface area contributed by atoms with Crippen molar-refractivity contribution in [3.8, 4) is 50.5 Å². The van der Waals surface area contributed by atoms with Gasteiger partial charge in [0.05, 0.1) is 25.5 Å². The third-order valence-corrected chi connectivity index (χ3v) is 10.5. The van der Waals surface area contributed by atoms with E-state index in [1.807, 2.05) is 103 Å². The Morgan fingerprint density at radius 2 is 0.958 bits per heavy atom. The van der Waals surface area contributed by atoms with Gasteiger partial charge in [-0.25, -0.2) is 26.9 Å². The summed E-state index contributed by atoms with van der Waals surface area (Å²) in [6, 6.07) is 55.9. The van der Waals surface area contributed by atoms with Crippen LogP contribution in [0.1, 0.15) is 30.7 Å². The molecule has 6 nitrogen and oxygen atoms in total. The van der Waals surface area contributed by atoms with Gasteiger partial charge in [-0.1, -0.05) is 111 Å². The predicted molar refractivity (Wildman–Crippen MR) is 274 cm³/mol. The van der Waals surface area contributed by atoms with Gasteiger partial charge in [-0.15, -0.1) is 0 Å². The van der Waals surface area contributed by atoms with Gasteiger partial charge in [0.15, 0.2) is 0 Å². The molecule has 4 aromatic heterocycles. The van der Waals surface area contributed by atoms with Crippen molar-refractivity contribution >= 4 is 0 Å². The fourth-order valence-corrected chi connectivity index (χ4v) is 6.83. The van der Waals surface area contributed by atoms with Crippen LogP contribution in [-0.2, 0) is 19.4 Å². The second-order valence-electron chi connectivity index (χ2n) is 15.6. The highest BCUT2D eigenvalue weighted by molar-refractivity contribution is 5.64. The molecule has 11 heteroatoms. The molecule has 10 aromatic rings. The molecule has 0 bridgehead atoms. The molecule has 0 amide bonds. The Kier molecular flexibility index (Phi) is 20.0. The first-order valence-electron chi connectivity index (χ1n) is 22.8. The van der Waals surface area contributed by atoms with E-state index in [2.05, 4.69) is 39.1 Å². The minimum atomic E-state index is -0.247. The molecule has 4 heterocycles. The fraction of sp³-hybridized carbons (Fsp3) is 0.100. The van der Waals surface area contributed by atoms with Crippen molar-refractivity contribution in [1.82, 2.24) is 24.7 Å². The highest BCUT2D eigenvalue weighted by atomic mass is 19.1. The highest BCUT2D eigenvalue weighted by Crippen LogP contribution is 2.23. The number of benzene rings is 6. The van der Waals surface area contributed by atoms with Crippen LogP contribution in [0.15, 0.2) is 225 Å².